The molecule has 2 rings (SSSR count). The Balaban J connectivity index is 1.93. The zero-order valence-electron chi connectivity index (χ0n) is 12.0. The minimum atomic E-state index is -0.735. The van der Waals surface area contributed by atoms with Crippen molar-refractivity contribution in [2.75, 3.05) is 0 Å². The Labute approximate surface area is 110 Å². The molecular weight excluding hydrogens is 222 g/mol. The van der Waals surface area contributed by atoms with Crippen LogP contribution >= 0.6 is 0 Å². The van der Waals surface area contributed by atoms with Gasteiger partial charge in [0.2, 0.25) is 0 Å². The van der Waals surface area contributed by atoms with Crippen molar-refractivity contribution >= 4 is 0 Å². The summed E-state index contributed by atoms with van der Waals surface area (Å²) in [6.45, 7) is 8.55. The van der Waals surface area contributed by atoms with E-state index in [4.69, 9.17) is 0 Å². The first-order valence-corrected chi connectivity index (χ1v) is 6.86. The number of hydrogen-bond donors (Lipinski definition) is 2. The maximum absolute atomic E-state index is 10.1. The molecule has 2 heteroatoms. The number of nitrogens with one attached hydrogen (secondary N) is 1. The molecule has 1 saturated carbocycles. The molecule has 0 bridgehead atoms. The van der Waals surface area contributed by atoms with Crippen molar-refractivity contribution in [2.24, 2.45) is 0 Å². The van der Waals surface area contributed by atoms with E-state index in [0.717, 1.165) is 12.5 Å². The predicted octanol–water partition coefficient (Wildman–Crippen LogP) is 3.20. The summed E-state index contributed by atoms with van der Waals surface area (Å²) in [7, 11) is 0. The summed E-state index contributed by atoms with van der Waals surface area (Å²) in [6, 6.07) is 8.87. The Hall–Kier alpha value is -0.860. The molecule has 0 amide bonds. The molecule has 0 spiro atoms. The molecule has 1 fully saturated rings. The Kier molecular flexibility index (Phi) is 3.52. The van der Waals surface area contributed by atoms with Crippen LogP contribution in [0.4, 0.5) is 0 Å². The van der Waals surface area contributed by atoms with Gasteiger partial charge in [-0.1, -0.05) is 24.3 Å². The zero-order chi connectivity index (χ0) is 13.4. The highest BCUT2D eigenvalue weighted by Gasteiger charge is 2.34. The monoisotopic (exact) mass is 247 g/mol. The maximum Gasteiger partial charge on any atom is 0.0767 e. The molecule has 1 aromatic carbocycles. The first kappa shape index (κ1) is 13.6. The van der Waals surface area contributed by atoms with Crippen LogP contribution in [0.5, 0.6) is 0 Å². The molecule has 0 aliphatic heterocycles. The van der Waals surface area contributed by atoms with Crippen molar-refractivity contribution in [1.29, 1.82) is 0 Å². The average molecular weight is 247 g/mol. The van der Waals surface area contributed by atoms with E-state index < -0.39 is 5.60 Å². The highest BCUT2D eigenvalue weighted by atomic mass is 16.3. The van der Waals surface area contributed by atoms with Gasteiger partial charge in [0.25, 0.3) is 0 Å². The van der Waals surface area contributed by atoms with Crippen LogP contribution in [-0.2, 0) is 6.54 Å². The summed E-state index contributed by atoms with van der Waals surface area (Å²) < 4.78 is 0. The van der Waals surface area contributed by atoms with E-state index in [1.54, 1.807) is 0 Å². The zero-order valence-corrected chi connectivity index (χ0v) is 12.0. The second-order valence-electron chi connectivity index (χ2n) is 6.55. The fourth-order valence-electron chi connectivity index (χ4n) is 1.86. The molecule has 18 heavy (non-hydrogen) atoms. The molecule has 100 valence electrons. The third-order valence-corrected chi connectivity index (χ3v) is 4.29. The molecule has 0 heterocycles. The quantitative estimate of drug-likeness (QED) is 0.837. The van der Waals surface area contributed by atoms with Gasteiger partial charge in [0.1, 0.15) is 0 Å². The molecule has 2 nitrogen and oxygen atoms in total. The second-order valence-corrected chi connectivity index (χ2v) is 6.55. The molecule has 1 aromatic rings. The van der Waals surface area contributed by atoms with Gasteiger partial charge in [-0.15, -0.1) is 0 Å². The molecule has 0 radical (unpaired) electrons. The minimum Gasteiger partial charge on any atom is -0.389 e. The Morgan fingerprint density at radius 3 is 2.11 bits per heavy atom. The summed E-state index contributed by atoms with van der Waals surface area (Å²) in [5, 5.41) is 13.5. The van der Waals surface area contributed by atoms with Gasteiger partial charge in [-0.05, 0) is 57.6 Å². The van der Waals surface area contributed by atoms with E-state index in [2.05, 4.69) is 29.6 Å². The van der Waals surface area contributed by atoms with Gasteiger partial charge in [-0.25, -0.2) is 0 Å². The van der Waals surface area contributed by atoms with E-state index in [1.165, 1.54) is 24.0 Å². The summed E-state index contributed by atoms with van der Waals surface area (Å²) in [4.78, 5) is 0. The van der Waals surface area contributed by atoms with Gasteiger partial charge >= 0.3 is 0 Å². The minimum absolute atomic E-state index is 0.303. The predicted molar refractivity (Wildman–Crippen MR) is 75.6 cm³/mol. The SMILES string of the molecule is CC(C)(O)C(C)(C)NCc1ccc(C2CC2)cc1. The Bertz CT molecular complexity index is 396. The highest BCUT2D eigenvalue weighted by molar-refractivity contribution is 5.28. The van der Waals surface area contributed by atoms with Crippen LogP contribution in [0.2, 0.25) is 0 Å². The third-order valence-electron chi connectivity index (χ3n) is 4.29. The largest absolute Gasteiger partial charge is 0.389 e. The fourth-order valence-corrected chi connectivity index (χ4v) is 1.86. The van der Waals surface area contributed by atoms with Gasteiger partial charge in [0.15, 0.2) is 0 Å². The van der Waals surface area contributed by atoms with Crippen molar-refractivity contribution in [3.05, 3.63) is 35.4 Å². The molecular formula is C16H25NO. The van der Waals surface area contributed by atoms with Crippen LogP contribution in [0.1, 0.15) is 57.6 Å². The number of hydrogen-bond acceptors (Lipinski definition) is 2. The van der Waals surface area contributed by atoms with Crippen LogP contribution < -0.4 is 5.32 Å². The molecule has 1 aliphatic rings. The Morgan fingerprint density at radius 1 is 1.11 bits per heavy atom. The third kappa shape index (κ3) is 3.12. The summed E-state index contributed by atoms with van der Waals surface area (Å²) >= 11 is 0. The van der Waals surface area contributed by atoms with Crippen molar-refractivity contribution in [3.63, 3.8) is 0 Å². The maximum atomic E-state index is 10.1. The van der Waals surface area contributed by atoms with Crippen LogP contribution in [0.25, 0.3) is 0 Å². The van der Waals surface area contributed by atoms with Crippen LogP contribution in [0.15, 0.2) is 24.3 Å². The first-order valence-electron chi connectivity index (χ1n) is 6.86. The standard InChI is InChI=1S/C16H25NO/c1-15(2,16(3,4)18)17-11-12-5-7-13(8-6-12)14-9-10-14/h5-8,14,17-18H,9-11H2,1-4H3. The van der Waals surface area contributed by atoms with Crippen molar-refractivity contribution in [2.45, 2.75) is 64.1 Å². The molecule has 0 aromatic heterocycles. The molecule has 0 saturated heterocycles. The van der Waals surface area contributed by atoms with E-state index in [9.17, 15) is 5.11 Å². The normalized spacial score (nSPS) is 16.9. The fraction of sp³-hybridized carbons (Fsp3) is 0.625. The number of aliphatic hydroxyl groups is 1. The lowest BCUT2D eigenvalue weighted by Crippen LogP contribution is -2.55. The molecule has 2 N–H and O–H groups in total. The second kappa shape index (κ2) is 4.67. The summed E-state index contributed by atoms with van der Waals surface area (Å²) in [5.41, 5.74) is 1.71. The van der Waals surface area contributed by atoms with Gasteiger partial charge in [0.05, 0.1) is 5.60 Å². The van der Waals surface area contributed by atoms with Crippen LogP contribution in [0.3, 0.4) is 0 Å². The van der Waals surface area contributed by atoms with Crippen molar-refractivity contribution < 1.29 is 5.11 Å². The van der Waals surface area contributed by atoms with Crippen LogP contribution in [0, 0.1) is 0 Å². The van der Waals surface area contributed by atoms with Crippen molar-refractivity contribution in [1.82, 2.24) is 5.32 Å². The summed E-state index contributed by atoms with van der Waals surface area (Å²) in [5.74, 6) is 0.819. The first-order chi connectivity index (χ1) is 8.29. The van der Waals surface area contributed by atoms with E-state index >= 15 is 0 Å². The van der Waals surface area contributed by atoms with Gasteiger partial charge in [0, 0.05) is 12.1 Å². The van der Waals surface area contributed by atoms with E-state index in [0.29, 0.717) is 0 Å². The van der Waals surface area contributed by atoms with Gasteiger partial charge < -0.3 is 10.4 Å². The lowest BCUT2D eigenvalue weighted by atomic mass is 9.86. The smallest absolute Gasteiger partial charge is 0.0767 e. The molecule has 0 atom stereocenters. The van der Waals surface area contributed by atoms with Gasteiger partial charge in [-0.3, -0.25) is 0 Å². The van der Waals surface area contributed by atoms with Crippen LogP contribution in [-0.4, -0.2) is 16.2 Å². The number of benzene rings is 1. The lowest BCUT2D eigenvalue weighted by Gasteiger charge is -2.38. The summed E-state index contributed by atoms with van der Waals surface area (Å²) in [6.07, 6.45) is 2.70. The average Bonchev–Trinajstić information content (AvgIpc) is 3.09. The van der Waals surface area contributed by atoms with Crippen molar-refractivity contribution in [3.8, 4) is 0 Å². The highest BCUT2D eigenvalue weighted by Crippen LogP contribution is 2.39. The van der Waals surface area contributed by atoms with E-state index in [-0.39, 0.29) is 5.54 Å². The van der Waals surface area contributed by atoms with E-state index in [1.807, 2.05) is 27.7 Å². The topological polar surface area (TPSA) is 32.3 Å². The van der Waals surface area contributed by atoms with Gasteiger partial charge in [-0.2, -0.15) is 0 Å². The lowest BCUT2D eigenvalue weighted by molar-refractivity contribution is -0.00531. The molecule has 0 unspecified atom stereocenters. The Morgan fingerprint density at radius 2 is 1.67 bits per heavy atom. The molecule has 1 aliphatic carbocycles. The number of rotatable bonds is 5.